The van der Waals surface area contributed by atoms with Crippen LogP contribution in [0.5, 0.6) is 0 Å². The van der Waals surface area contributed by atoms with E-state index in [4.69, 9.17) is 4.42 Å². The molecule has 15 heavy (non-hydrogen) atoms. The van der Waals surface area contributed by atoms with Gasteiger partial charge in [-0.25, -0.2) is 0 Å². The lowest BCUT2D eigenvalue weighted by Gasteiger charge is -2.10. The van der Waals surface area contributed by atoms with Gasteiger partial charge in [0.2, 0.25) is 0 Å². The minimum absolute atomic E-state index is 0.0669. The zero-order chi connectivity index (χ0) is 11.3. The van der Waals surface area contributed by atoms with Gasteiger partial charge in [0, 0.05) is 19.0 Å². The van der Waals surface area contributed by atoms with Crippen LogP contribution in [0.2, 0.25) is 0 Å². The predicted octanol–water partition coefficient (Wildman–Crippen LogP) is 1.18. The first kappa shape index (κ1) is 11.8. The third kappa shape index (κ3) is 3.09. The Hall–Kier alpha value is -1.29. The van der Waals surface area contributed by atoms with Crippen molar-refractivity contribution in [2.75, 3.05) is 13.6 Å². The molecule has 1 atom stereocenters. The molecule has 1 unspecified atom stereocenters. The number of likely N-dealkylation sites (N-methyl/N-ethyl adjacent to an activating group) is 1. The van der Waals surface area contributed by atoms with Crippen LogP contribution in [0.15, 0.2) is 16.7 Å². The van der Waals surface area contributed by atoms with Gasteiger partial charge in [-0.3, -0.25) is 4.79 Å². The predicted molar refractivity (Wildman–Crippen MR) is 58.9 cm³/mol. The Balaban J connectivity index is 2.54. The quantitative estimate of drug-likeness (QED) is 0.767. The maximum absolute atomic E-state index is 11.7. The van der Waals surface area contributed by atoms with Crippen LogP contribution < -0.4 is 10.6 Å². The third-order valence-corrected chi connectivity index (χ3v) is 2.37. The Bertz CT molecular complexity index is 320. The van der Waals surface area contributed by atoms with E-state index in [1.165, 1.54) is 0 Å². The maximum atomic E-state index is 11.7. The highest BCUT2D eigenvalue weighted by Crippen LogP contribution is 2.10. The average molecular weight is 210 g/mol. The first-order valence-electron chi connectivity index (χ1n) is 5.20. The van der Waals surface area contributed by atoms with Crippen LogP contribution in [0.3, 0.4) is 0 Å². The van der Waals surface area contributed by atoms with E-state index in [-0.39, 0.29) is 11.9 Å². The molecule has 0 aromatic carbocycles. The Morgan fingerprint density at radius 1 is 1.60 bits per heavy atom. The molecule has 1 heterocycles. The van der Waals surface area contributed by atoms with Crippen LogP contribution in [-0.2, 0) is 6.42 Å². The number of furan rings is 1. The second-order valence-corrected chi connectivity index (χ2v) is 3.51. The van der Waals surface area contributed by atoms with Crippen molar-refractivity contribution in [3.8, 4) is 0 Å². The Morgan fingerprint density at radius 3 is 2.93 bits per heavy atom. The number of hydrogen-bond donors (Lipinski definition) is 2. The number of hydrogen-bond acceptors (Lipinski definition) is 3. The van der Waals surface area contributed by atoms with Gasteiger partial charge in [0.15, 0.2) is 0 Å². The zero-order valence-corrected chi connectivity index (χ0v) is 9.46. The zero-order valence-electron chi connectivity index (χ0n) is 9.46. The van der Waals surface area contributed by atoms with Crippen molar-refractivity contribution >= 4 is 5.91 Å². The largest absolute Gasteiger partial charge is 0.469 e. The molecule has 4 heteroatoms. The molecule has 0 aliphatic heterocycles. The summed E-state index contributed by atoms with van der Waals surface area (Å²) in [6.07, 6.45) is 2.28. The molecule has 1 aromatic heterocycles. The van der Waals surface area contributed by atoms with E-state index in [1.807, 2.05) is 20.9 Å². The SMILES string of the molecule is CCc1occc1C(=O)NCC(C)NC. The van der Waals surface area contributed by atoms with E-state index >= 15 is 0 Å². The molecule has 0 aliphatic rings. The smallest absolute Gasteiger partial charge is 0.254 e. The summed E-state index contributed by atoms with van der Waals surface area (Å²) in [5, 5.41) is 5.91. The summed E-state index contributed by atoms with van der Waals surface area (Å²) in [7, 11) is 1.87. The van der Waals surface area contributed by atoms with Crippen molar-refractivity contribution in [2.45, 2.75) is 26.3 Å². The molecule has 0 bridgehead atoms. The molecule has 0 saturated carbocycles. The highest BCUT2D eigenvalue weighted by Gasteiger charge is 2.13. The lowest BCUT2D eigenvalue weighted by molar-refractivity contribution is 0.0948. The Morgan fingerprint density at radius 2 is 2.33 bits per heavy atom. The Kier molecular flexibility index (Phi) is 4.37. The van der Waals surface area contributed by atoms with Crippen molar-refractivity contribution in [3.63, 3.8) is 0 Å². The molecule has 0 saturated heterocycles. The highest BCUT2D eigenvalue weighted by atomic mass is 16.3. The van der Waals surface area contributed by atoms with Crippen molar-refractivity contribution < 1.29 is 9.21 Å². The molecule has 0 radical (unpaired) electrons. The van der Waals surface area contributed by atoms with Gasteiger partial charge >= 0.3 is 0 Å². The standard InChI is InChI=1S/C11H18N2O2/c1-4-10-9(5-6-15-10)11(14)13-7-8(2)12-3/h5-6,8,12H,4,7H2,1-3H3,(H,13,14). The van der Waals surface area contributed by atoms with E-state index in [2.05, 4.69) is 10.6 Å². The summed E-state index contributed by atoms with van der Waals surface area (Å²) >= 11 is 0. The first-order valence-corrected chi connectivity index (χ1v) is 5.20. The van der Waals surface area contributed by atoms with Crippen LogP contribution >= 0.6 is 0 Å². The average Bonchev–Trinajstić information content (AvgIpc) is 2.73. The van der Waals surface area contributed by atoms with E-state index < -0.39 is 0 Å². The highest BCUT2D eigenvalue weighted by molar-refractivity contribution is 5.95. The fourth-order valence-electron chi connectivity index (χ4n) is 1.26. The second-order valence-electron chi connectivity index (χ2n) is 3.51. The second kappa shape index (κ2) is 5.56. The summed E-state index contributed by atoms with van der Waals surface area (Å²) in [5.41, 5.74) is 0.640. The van der Waals surface area contributed by atoms with Gasteiger partial charge in [-0.05, 0) is 20.0 Å². The molecular formula is C11H18N2O2. The Labute approximate surface area is 90.0 Å². The maximum Gasteiger partial charge on any atom is 0.254 e. The molecule has 4 nitrogen and oxygen atoms in total. The van der Waals surface area contributed by atoms with Crippen molar-refractivity contribution in [2.24, 2.45) is 0 Å². The van der Waals surface area contributed by atoms with Gasteiger partial charge in [-0.1, -0.05) is 6.92 Å². The fourth-order valence-corrected chi connectivity index (χ4v) is 1.26. The van der Waals surface area contributed by atoms with E-state index in [9.17, 15) is 4.79 Å². The third-order valence-electron chi connectivity index (χ3n) is 2.37. The van der Waals surface area contributed by atoms with Gasteiger partial charge in [-0.15, -0.1) is 0 Å². The van der Waals surface area contributed by atoms with Crippen molar-refractivity contribution in [3.05, 3.63) is 23.7 Å². The molecule has 1 amide bonds. The minimum Gasteiger partial charge on any atom is -0.469 e. The van der Waals surface area contributed by atoms with Crippen molar-refractivity contribution in [1.82, 2.24) is 10.6 Å². The normalized spacial score (nSPS) is 12.5. The fraction of sp³-hybridized carbons (Fsp3) is 0.545. The molecule has 0 aliphatic carbocycles. The molecule has 0 fully saturated rings. The van der Waals surface area contributed by atoms with Crippen LogP contribution in [0.1, 0.15) is 30.0 Å². The summed E-state index contributed by atoms with van der Waals surface area (Å²) in [6, 6.07) is 1.98. The van der Waals surface area contributed by atoms with E-state index in [0.29, 0.717) is 12.1 Å². The molecule has 2 N–H and O–H groups in total. The molecule has 1 rings (SSSR count). The van der Waals surface area contributed by atoms with E-state index in [1.54, 1.807) is 12.3 Å². The van der Waals surface area contributed by atoms with Crippen molar-refractivity contribution in [1.29, 1.82) is 0 Å². The number of nitrogens with one attached hydrogen (secondary N) is 2. The minimum atomic E-state index is -0.0669. The summed E-state index contributed by atoms with van der Waals surface area (Å²) < 4.78 is 5.19. The number of aryl methyl sites for hydroxylation is 1. The van der Waals surface area contributed by atoms with Gasteiger partial charge in [0.1, 0.15) is 5.76 Å². The monoisotopic (exact) mass is 210 g/mol. The summed E-state index contributed by atoms with van der Waals surface area (Å²) in [5.74, 6) is 0.673. The van der Waals surface area contributed by atoms with E-state index in [0.717, 1.165) is 12.2 Å². The summed E-state index contributed by atoms with van der Waals surface area (Å²) in [6.45, 7) is 4.59. The molecule has 0 spiro atoms. The lowest BCUT2D eigenvalue weighted by Crippen LogP contribution is -2.37. The molecule has 1 aromatic rings. The molecule has 84 valence electrons. The molecular weight excluding hydrogens is 192 g/mol. The first-order chi connectivity index (χ1) is 7.19. The number of carbonyl (C=O) groups is 1. The number of amides is 1. The van der Waals surface area contributed by atoms with Gasteiger partial charge in [-0.2, -0.15) is 0 Å². The van der Waals surface area contributed by atoms with Crippen LogP contribution in [-0.4, -0.2) is 25.5 Å². The van der Waals surface area contributed by atoms with Crippen LogP contribution in [0, 0.1) is 0 Å². The lowest BCUT2D eigenvalue weighted by atomic mass is 10.2. The number of carbonyl (C=O) groups excluding carboxylic acids is 1. The van der Waals surface area contributed by atoms with Gasteiger partial charge in [0.25, 0.3) is 5.91 Å². The van der Waals surface area contributed by atoms with Gasteiger partial charge in [0.05, 0.1) is 11.8 Å². The van der Waals surface area contributed by atoms with Gasteiger partial charge < -0.3 is 15.1 Å². The summed E-state index contributed by atoms with van der Waals surface area (Å²) in [4.78, 5) is 11.7. The van der Waals surface area contributed by atoms with Crippen LogP contribution in [0.4, 0.5) is 0 Å². The topological polar surface area (TPSA) is 54.3 Å². The van der Waals surface area contributed by atoms with Crippen LogP contribution in [0.25, 0.3) is 0 Å². The number of rotatable bonds is 5.